The Hall–Kier alpha value is -2.25. The van der Waals surface area contributed by atoms with Gasteiger partial charge in [0, 0.05) is 17.6 Å². The van der Waals surface area contributed by atoms with Crippen molar-refractivity contribution in [3.05, 3.63) is 53.1 Å². The van der Waals surface area contributed by atoms with Crippen molar-refractivity contribution < 1.29 is 17.9 Å². The summed E-state index contributed by atoms with van der Waals surface area (Å²) in [5.74, 6) is 0.130. The van der Waals surface area contributed by atoms with Crippen LogP contribution in [0.2, 0.25) is 5.02 Å². The van der Waals surface area contributed by atoms with Crippen LogP contribution in [0.4, 0.5) is 11.4 Å². The smallest absolute Gasteiger partial charge is 0.255 e. The van der Waals surface area contributed by atoms with Crippen LogP contribution in [0.1, 0.15) is 10.4 Å². The molecule has 0 aliphatic heterocycles. The van der Waals surface area contributed by atoms with Crippen LogP contribution in [-0.4, -0.2) is 34.7 Å². The summed E-state index contributed by atoms with van der Waals surface area (Å²) in [5, 5.41) is 3.19. The molecule has 0 atom stereocenters. The maximum absolute atomic E-state index is 12.3. The molecule has 0 fully saturated rings. The Balaban J connectivity index is 2.21. The Bertz CT molecular complexity index is 851. The molecular formula is C16H17ClN2O4S. The number of ether oxygens (including phenoxy) is 1. The second-order valence-electron chi connectivity index (χ2n) is 5.08. The van der Waals surface area contributed by atoms with Gasteiger partial charge in [0.05, 0.1) is 24.7 Å². The number of anilines is 2. The lowest BCUT2D eigenvalue weighted by Gasteiger charge is -2.16. The minimum atomic E-state index is -3.35. The molecule has 0 radical (unpaired) electrons. The second kappa shape index (κ2) is 7.11. The van der Waals surface area contributed by atoms with Gasteiger partial charge in [-0.3, -0.25) is 9.10 Å². The van der Waals surface area contributed by atoms with Crippen LogP contribution < -0.4 is 14.4 Å². The van der Waals surface area contributed by atoms with Crippen molar-refractivity contribution in [3.8, 4) is 5.75 Å². The molecule has 0 aliphatic rings. The third-order valence-electron chi connectivity index (χ3n) is 3.40. The zero-order chi connectivity index (χ0) is 17.9. The summed E-state index contributed by atoms with van der Waals surface area (Å²) < 4.78 is 29.3. The Kier molecular flexibility index (Phi) is 5.36. The number of halogens is 1. The maximum atomic E-state index is 12.3. The van der Waals surface area contributed by atoms with Gasteiger partial charge in [-0.2, -0.15) is 0 Å². The van der Waals surface area contributed by atoms with Crippen LogP contribution in [0.15, 0.2) is 42.5 Å². The van der Waals surface area contributed by atoms with E-state index in [4.69, 9.17) is 16.3 Å². The second-order valence-corrected chi connectivity index (χ2v) is 7.53. The van der Waals surface area contributed by atoms with Crippen molar-refractivity contribution in [3.63, 3.8) is 0 Å². The summed E-state index contributed by atoms with van der Waals surface area (Å²) in [7, 11) is -0.409. The van der Waals surface area contributed by atoms with Gasteiger partial charge in [0.15, 0.2) is 0 Å². The molecule has 8 heteroatoms. The molecule has 0 spiro atoms. The SMILES string of the molecule is COc1ccc(Cl)cc1NC(=O)c1ccc(N(C)S(C)(=O)=O)cc1. The van der Waals surface area contributed by atoms with E-state index in [9.17, 15) is 13.2 Å². The highest BCUT2D eigenvalue weighted by atomic mass is 35.5. The van der Waals surface area contributed by atoms with E-state index in [0.29, 0.717) is 27.7 Å². The number of sulfonamides is 1. The van der Waals surface area contributed by atoms with Crippen molar-refractivity contribution in [2.24, 2.45) is 0 Å². The van der Waals surface area contributed by atoms with Gasteiger partial charge < -0.3 is 10.1 Å². The number of hydrogen-bond donors (Lipinski definition) is 1. The third kappa shape index (κ3) is 4.18. The van der Waals surface area contributed by atoms with Crippen LogP contribution in [0, 0.1) is 0 Å². The number of hydrogen-bond acceptors (Lipinski definition) is 4. The number of benzene rings is 2. The summed E-state index contributed by atoms with van der Waals surface area (Å²) in [4.78, 5) is 12.3. The van der Waals surface area contributed by atoms with Crippen molar-refractivity contribution in [2.75, 3.05) is 30.0 Å². The Morgan fingerprint density at radius 3 is 2.33 bits per heavy atom. The summed E-state index contributed by atoms with van der Waals surface area (Å²) in [6, 6.07) is 11.1. The zero-order valence-corrected chi connectivity index (χ0v) is 15.0. The number of rotatable bonds is 5. The van der Waals surface area contributed by atoms with Gasteiger partial charge in [0.1, 0.15) is 5.75 Å². The molecule has 2 rings (SSSR count). The van der Waals surface area contributed by atoms with Crippen LogP contribution in [-0.2, 0) is 10.0 Å². The fourth-order valence-electron chi connectivity index (χ4n) is 1.99. The molecule has 1 amide bonds. The van der Waals surface area contributed by atoms with Crippen LogP contribution in [0.5, 0.6) is 5.75 Å². The topological polar surface area (TPSA) is 75.7 Å². The van der Waals surface area contributed by atoms with E-state index in [-0.39, 0.29) is 5.91 Å². The monoisotopic (exact) mass is 368 g/mol. The van der Waals surface area contributed by atoms with Gasteiger partial charge in [0.2, 0.25) is 10.0 Å². The average molecular weight is 369 g/mol. The number of nitrogens with one attached hydrogen (secondary N) is 1. The molecule has 0 saturated carbocycles. The Labute approximate surface area is 146 Å². The van der Waals surface area contributed by atoms with E-state index in [1.54, 1.807) is 42.5 Å². The van der Waals surface area contributed by atoms with Gasteiger partial charge in [-0.25, -0.2) is 8.42 Å². The first-order chi connectivity index (χ1) is 11.2. The van der Waals surface area contributed by atoms with Crippen molar-refractivity contribution in [2.45, 2.75) is 0 Å². The minimum absolute atomic E-state index is 0.357. The lowest BCUT2D eigenvalue weighted by molar-refractivity contribution is 0.102. The van der Waals surface area contributed by atoms with Crippen LogP contribution in [0.3, 0.4) is 0 Å². The fraction of sp³-hybridized carbons (Fsp3) is 0.188. The Morgan fingerprint density at radius 2 is 1.79 bits per heavy atom. The summed E-state index contributed by atoms with van der Waals surface area (Å²) >= 11 is 5.93. The van der Waals surface area contributed by atoms with E-state index in [0.717, 1.165) is 10.6 Å². The highest BCUT2D eigenvalue weighted by molar-refractivity contribution is 7.92. The minimum Gasteiger partial charge on any atom is -0.495 e. The van der Waals surface area contributed by atoms with Gasteiger partial charge in [-0.15, -0.1) is 0 Å². The summed E-state index contributed by atoms with van der Waals surface area (Å²) in [6.45, 7) is 0. The normalized spacial score (nSPS) is 11.0. The zero-order valence-electron chi connectivity index (χ0n) is 13.4. The standard InChI is InChI=1S/C16H17ClN2O4S/c1-19(24(3,21)22)13-7-4-11(5-8-13)16(20)18-14-10-12(17)6-9-15(14)23-2/h4-10H,1-3H3,(H,18,20). The quantitative estimate of drug-likeness (QED) is 0.880. The predicted molar refractivity (Wildman–Crippen MR) is 95.6 cm³/mol. The molecule has 2 aromatic carbocycles. The lowest BCUT2D eigenvalue weighted by atomic mass is 10.2. The molecule has 0 heterocycles. The highest BCUT2D eigenvalue weighted by Gasteiger charge is 2.14. The average Bonchev–Trinajstić information content (AvgIpc) is 2.53. The van der Waals surface area contributed by atoms with Crippen molar-refractivity contribution in [1.82, 2.24) is 0 Å². The predicted octanol–water partition coefficient (Wildman–Crippen LogP) is 3.00. The molecule has 6 nitrogen and oxygen atoms in total. The molecule has 1 N–H and O–H groups in total. The molecule has 24 heavy (non-hydrogen) atoms. The van der Waals surface area contributed by atoms with Gasteiger partial charge >= 0.3 is 0 Å². The van der Waals surface area contributed by atoms with Crippen LogP contribution >= 0.6 is 11.6 Å². The highest BCUT2D eigenvalue weighted by Crippen LogP contribution is 2.28. The molecule has 0 saturated heterocycles. The third-order valence-corrected chi connectivity index (χ3v) is 4.84. The fourth-order valence-corrected chi connectivity index (χ4v) is 2.66. The first-order valence-corrected chi connectivity index (χ1v) is 9.14. The molecular weight excluding hydrogens is 352 g/mol. The first kappa shape index (κ1) is 18.1. The number of carbonyl (C=O) groups is 1. The molecule has 2 aromatic rings. The van der Waals surface area contributed by atoms with E-state index in [2.05, 4.69) is 5.32 Å². The number of amides is 1. The van der Waals surface area contributed by atoms with E-state index in [1.807, 2.05) is 0 Å². The number of carbonyl (C=O) groups excluding carboxylic acids is 1. The molecule has 0 aliphatic carbocycles. The summed E-state index contributed by atoms with van der Waals surface area (Å²) in [6.07, 6.45) is 1.11. The largest absolute Gasteiger partial charge is 0.495 e. The van der Waals surface area contributed by atoms with Gasteiger partial charge in [0.25, 0.3) is 5.91 Å². The summed E-state index contributed by atoms with van der Waals surface area (Å²) in [5.41, 5.74) is 1.30. The van der Waals surface area contributed by atoms with E-state index >= 15 is 0 Å². The van der Waals surface area contributed by atoms with Gasteiger partial charge in [-0.05, 0) is 42.5 Å². The first-order valence-electron chi connectivity index (χ1n) is 6.91. The van der Waals surface area contributed by atoms with Gasteiger partial charge in [-0.1, -0.05) is 11.6 Å². The molecule has 128 valence electrons. The Morgan fingerprint density at radius 1 is 1.17 bits per heavy atom. The maximum Gasteiger partial charge on any atom is 0.255 e. The lowest BCUT2D eigenvalue weighted by Crippen LogP contribution is -2.24. The molecule has 0 aromatic heterocycles. The van der Waals surface area contributed by atoms with E-state index < -0.39 is 10.0 Å². The number of nitrogens with zero attached hydrogens (tertiary/aromatic N) is 1. The number of methoxy groups -OCH3 is 1. The van der Waals surface area contributed by atoms with Crippen molar-refractivity contribution in [1.29, 1.82) is 0 Å². The molecule has 0 unspecified atom stereocenters. The molecule has 0 bridgehead atoms. The van der Waals surface area contributed by atoms with Crippen LogP contribution in [0.25, 0.3) is 0 Å². The van der Waals surface area contributed by atoms with E-state index in [1.165, 1.54) is 14.2 Å². The van der Waals surface area contributed by atoms with Crippen molar-refractivity contribution >= 4 is 38.9 Å².